The number of aryl methyl sites for hydroxylation is 1. The summed E-state index contributed by atoms with van der Waals surface area (Å²) in [5, 5.41) is 12.0. The molecular formula is C19H21N3O3S3. The smallest absolute Gasteiger partial charge is 0.341 e. The van der Waals surface area contributed by atoms with Crippen molar-refractivity contribution in [3.63, 3.8) is 0 Å². The van der Waals surface area contributed by atoms with Crippen molar-refractivity contribution < 1.29 is 14.3 Å². The molecule has 0 unspecified atom stereocenters. The third kappa shape index (κ3) is 3.96. The predicted octanol–water partition coefficient (Wildman–Crippen LogP) is 4.03. The van der Waals surface area contributed by atoms with Crippen LogP contribution >= 0.6 is 34.9 Å². The molecule has 0 spiro atoms. The van der Waals surface area contributed by atoms with Crippen molar-refractivity contribution in [2.24, 2.45) is 0 Å². The number of rotatable bonds is 5. The minimum Gasteiger partial charge on any atom is -0.462 e. The summed E-state index contributed by atoms with van der Waals surface area (Å²) in [7, 11) is 0. The molecule has 6 nitrogen and oxygen atoms in total. The Balaban J connectivity index is 1.96. The van der Waals surface area contributed by atoms with Crippen LogP contribution in [0.3, 0.4) is 0 Å². The molecule has 0 fully saturated rings. The number of carbonyl (C=O) groups is 2. The first kappa shape index (κ1) is 20.5. The summed E-state index contributed by atoms with van der Waals surface area (Å²) in [5.41, 5.74) is 2.45. The molecule has 1 aliphatic heterocycles. The maximum Gasteiger partial charge on any atom is 0.341 e. The van der Waals surface area contributed by atoms with Crippen LogP contribution in [-0.4, -0.2) is 23.6 Å². The van der Waals surface area contributed by atoms with Gasteiger partial charge in [0.1, 0.15) is 5.00 Å². The number of hydrogen-bond donors (Lipinski definition) is 3. The number of esters is 1. The highest BCUT2D eigenvalue weighted by Gasteiger charge is 2.32. The molecule has 1 atom stereocenters. The fourth-order valence-electron chi connectivity index (χ4n) is 3.00. The predicted molar refractivity (Wildman–Crippen MR) is 117 cm³/mol. The van der Waals surface area contributed by atoms with Crippen LogP contribution in [0.1, 0.15) is 45.6 Å². The zero-order valence-corrected chi connectivity index (χ0v) is 18.4. The standard InChI is InChI=1S/C19H21N3O3S3/c1-5-25-18(24)13-9(2)11(4)28-17(13)22-16(23)14-10(3)20-19(26)21-15(14)12-7-6-8-27-12/h6-8,15H,5H2,1-4H3,(H,22,23)(H2,20,21,26)/t15-/m0/s1. The van der Waals surface area contributed by atoms with Gasteiger partial charge in [0.05, 0.1) is 23.8 Å². The van der Waals surface area contributed by atoms with Crippen molar-refractivity contribution in [1.82, 2.24) is 10.6 Å². The van der Waals surface area contributed by atoms with Crippen molar-refractivity contribution in [3.05, 3.63) is 49.7 Å². The third-order valence-electron chi connectivity index (χ3n) is 4.43. The first-order valence-corrected chi connectivity index (χ1v) is 10.8. The average molecular weight is 436 g/mol. The zero-order chi connectivity index (χ0) is 20.4. The van der Waals surface area contributed by atoms with Gasteiger partial charge in [0.2, 0.25) is 0 Å². The molecule has 3 heterocycles. The fraction of sp³-hybridized carbons (Fsp3) is 0.316. The largest absolute Gasteiger partial charge is 0.462 e. The molecule has 0 bridgehead atoms. The van der Waals surface area contributed by atoms with Gasteiger partial charge in [-0.05, 0) is 56.9 Å². The van der Waals surface area contributed by atoms with E-state index in [0.29, 0.717) is 26.9 Å². The summed E-state index contributed by atoms with van der Waals surface area (Å²) in [6.45, 7) is 7.62. The van der Waals surface area contributed by atoms with Crippen molar-refractivity contribution in [2.75, 3.05) is 11.9 Å². The van der Waals surface area contributed by atoms with Crippen molar-refractivity contribution in [3.8, 4) is 0 Å². The summed E-state index contributed by atoms with van der Waals surface area (Å²) in [4.78, 5) is 27.5. The van der Waals surface area contributed by atoms with Crippen molar-refractivity contribution in [2.45, 2.75) is 33.7 Å². The highest BCUT2D eigenvalue weighted by molar-refractivity contribution is 7.80. The second kappa shape index (κ2) is 8.42. The second-order valence-electron chi connectivity index (χ2n) is 6.25. The Bertz CT molecular complexity index is 961. The molecule has 3 N–H and O–H groups in total. The Morgan fingerprint density at radius 3 is 2.71 bits per heavy atom. The van der Waals surface area contributed by atoms with Crippen LogP contribution in [-0.2, 0) is 9.53 Å². The van der Waals surface area contributed by atoms with Gasteiger partial charge in [-0.25, -0.2) is 4.79 Å². The number of nitrogens with one attached hydrogen (secondary N) is 3. The molecule has 148 valence electrons. The molecule has 3 rings (SSSR count). The van der Waals surface area contributed by atoms with Crippen LogP contribution in [0, 0.1) is 13.8 Å². The molecule has 0 aliphatic carbocycles. The van der Waals surface area contributed by atoms with E-state index >= 15 is 0 Å². The SMILES string of the molecule is CCOC(=O)c1c(NC(=O)C2=C(C)NC(=S)N[C@H]2c2cccs2)sc(C)c1C. The molecule has 0 radical (unpaired) electrons. The minimum atomic E-state index is -0.429. The Morgan fingerprint density at radius 1 is 1.32 bits per heavy atom. The Morgan fingerprint density at radius 2 is 2.07 bits per heavy atom. The van der Waals surface area contributed by atoms with Gasteiger partial charge >= 0.3 is 5.97 Å². The van der Waals surface area contributed by atoms with Gasteiger partial charge in [0.25, 0.3) is 5.91 Å². The Labute approximate surface area is 177 Å². The number of thiocarbonyl (C=S) groups is 1. The van der Waals surface area contributed by atoms with Crippen LogP contribution in [0.2, 0.25) is 0 Å². The van der Waals surface area contributed by atoms with Gasteiger partial charge in [0, 0.05) is 15.5 Å². The number of anilines is 1. The monoisotopic (exact) mass is 435 g/mol. The molecule has 9 heteroatoms. The number of allylic oxidation sites excluding steroid dienone is 1. The molecule has 1 amide bonds. The zero-order valence-electron chi connectivity index (χ0n) is 16.0. The van der Waals surface area contributed by atoms with Crippen molar-refractivity contribution >= 4 is 56.9 Å². The fourth-order valence-corrected chi connectivity index (χ4v) is 5.10. The molecule has 2 aromatic rings. The van der Waals surface area contributed by atoms with E-state index in [-0.39, 0.29) is 18.6 Å². The molecule has 0 saturated carbocycles. The number of hydrogen-bond acceptors (Lipinski definition) is 6. The van der Waals surface area contributed by atoms with Gasteiger partial charge in [-0.2, -0.15) is 0 Å². The first-order valence-electron chi connectivity index (χ1n) is 8.73. The van der Waals surface area contributed by atoms with E-state index in [4.69, 9.17) is 17.0 Å². The second-order valence-corrected chi connectivity index (χ2v) is 8.86. The van der Waals surface area contributed by atoms with Crippen LogP contribution in [0.15, 0.2) is 28.8 Å². The van der Waals surface area contributed by atoms with E-state index in [9.17, 15) is 9.59 Å². The van der Waals surface area contributed by atoms with Crippen LogP contribution in [0.4, 0.5) is 5.00 Å². The van der Waals surface area contributed by atoms with E-state index in [2.05, 4.69) is 16.0 Å². The van der Waals surface area contributed by atoms with E-state index in [0.717, 1.165) is 15.3 Å². The maximum absolute atomic E-state index is 13.2. The van der Waals surface area contributed by atoms with Crippen molar-refractivity contribution in [1.29, 1.82) is 0 Å². The maximum atomic E-state index is 13.2. The normalized spacial score (nSPS) is 16.4. The number of ether oxygens (including phenoxy) is 1. The quantitative estimate of drug-likeness (QED) is 0.486. The number of carbonyl (C=O) groups excluding carboxylic acids is 2. The lowest BCUT2D eigenvalue weighted by Crippen LogP contribution is -2.45. The van der Waals surface area contributed by atoms with Gasteiger partial charge < -0.3 is 20.7 Å². The Kier molecular flexibility index (Phi) is 6.17. The highest BCUT2D eigenvalue weighted by Crippen LogP contribution is 2.35. The molecule has 0 saturated heterocycles. The summed E-state index contributed by atoms with van der Waals surface area (Å²) < 4.78 is 5.17. The third-order valence-corrected chi connectivity index (χ3v) is 6.71. The lowest BCUT2D eigenvalue weighted by atomic mass is 10.0. The molecule has 0 aromatic carbocycles. The summed E-state index contributed by atoms with van der Waals surface area (Å²) in [5.74, 6) is -0.716. The average Bonchev–Trinajstić information content (AvgIpc) is 3.23. The van der Waals surface area contributed by atoms with E-state index < -0.39 is 5.97 Å². The Hall–Kier alpha value is -2.23. The van der Waals surface area contributed by atoms with Gasteiger partial charge in [-0.15, -0.1) is 22.7 Å². The van der Waals surface area contributed by atoms with E-state index in [1.165, 1.54) is 11.3 Å². The molecule has 28 heavy (non-hydrogen) atoms. The van der Waals surface area contributed by atoms with Crippen LogP contribution < -0.4 is 16.0 Å². The highest BCUT2D eigenvalue weighted by atomic mass is 32.1. The van der Waals surface area contributed by atoms with E-state index in [1.54, 1.807) is 18.3 Å². The summed E-state index contributed by atoms with van der Waals surface area (Å²) >= 11 is 8.18. The van der Waals surface area contributed by atoms with E-state index in [1.807, 2.05) is 38.3 Å². The number of amides is 1. The minimum absolute atomic E-state index is 0.274. The van der Waals surface area contributed by atoms with Gasteiger partial charge in [-0.3, -0.25) is 4.79 Å². The lowest BCUT2D eigenvalue weighted by Gasteiger charge is -2.29. The summed E-state index contributed by atoms with van der Waals surface area (Å²) in [6.07, 6.45) is 0. The molecule has 2 aromatic heterocycles. The summed E-state index contributed by atoms with van der Waals surface area (Å²) in [6, 6.07) is 3.55. The number of thiophene rings is 2. The van der Waals surface area contributed by atoms with Crippen LogP contribution in [0.25, 0.3) is 0 Å². The molecular weight excluding hydrogens is 414 g/mol. The van der Waals surface area contributed by atoms with Gasteiger partial charge in [0.15, 0.2) is 5.11 Å². The van der Waals surface area contributed by atoms with Gasteiger partial charge in [-0.1, -0.05) is 6.07 Å². The topological polar surface area (TPSA) is 79.5 Å². The lowest BCUT2D eigenvalue weighted by molar-refractivity contribution is -0.113. The first-order chi connectivity index (χ1) is 13.3. The van der Waals surface area contributed by atoms with Crippen LogP contribution in [0.5, 0.6) is 0 Å². The molecule has 1 aliphatic rings.